The number of nitrogens with zero attached hydrogens (tertiary/aromatic N) is 2. The molecule has 0 radical (unpaired) electrons. The van der Waals surface area contributed by atoms with E-state index in [4.69, 9.17) is 4.74 Å². The minimum absolute atomic E-state index is 0.224. The van der Waals surface area contributed by atoms with Gasteiger partial charge in [0.25, 0.3) is 0 Å². The number of rotatable bonds is 3. The largest absolute Gasteiger partial charge is 0.451 e. The number of ether oxygens (including phenoxy) is 1. The lowest BCUT2D eigenvalue weighted by atomic mass is 10.3. The molecule has 4 nitrogen and oxygen atoms in total. The van der Waals surface area contributed by atoms with Crippen LogP contribution in [0, 0.1) is 5.82 Å². The number of halogens is 1. The fourth-order valence-electron chi connectivity index (χ4n) is 2.09. The Hall–Kier alpha value is -1.88. The first-order valence-corrected chi connectivity index (χ1v) is 6.00. The molecule has 0 saturated carbocycles. The number of para-hydroxylation sites is 1. The van der Waals surface area contributed by atoms with Crippen molar-refractivity contribution in [2.24, 2.45) is 0 Å². The van der Waals surface area contributed by atoms with Crippen molar-refractivity contribution >= 4 is 0 Å². The molecule has 1 unspecified atom stereocenters. The Morgan fingerprint density at radius 1 is 1.39 bits per heavy atom. The van der Waals surface area contributed by atoms with Crippen LogP contribution in [0.1, 0.15) is 12.5 Å². The quantitative estimate of drug-likeness (QED) is 0.904. The van der Waals surface area contributed by atoms with Crippen molar-refractivity contribution in [2.75, 3.05) is 13.1 Å². The maximum Gasteiger partial charge on any atom is 0.165 e. The molecule has 0 aliphatic carbocycles. The van der Waals surface area contributed by atoms with Crippen LogP contribution in [0.4, 0.5) is 4.39 Å². The zero-order valence-electron chi connectivity index (χ0n) is 9.84. The molecule has 1 aliphatic heterocycles. The first-order valence-electron chi connectivity index (χ1n) is 6.00. The SMILES string of the molecule is Fc1ccccc1Oc1cnn(C2CCNC2)c1. The summed E-state index contributed by atoms with van der Waals surface area (Å²) in [6.07, 6.45) is 4.48. The van der Waals surface area contributed by atoms with Crippen molar-refractivity contribution in [1.82, 2.24) is 15.1 Å². The van der Waals surface area contributed by atoms with Gasteiger partial charge in [-0.2, -0.15) is 5.10 Å². The predicted octanol–water partition coefficient (Wildman–Crippen LogP) is 2.35. The molecule has 94 valence electrons. The van der Waals surface area contributed by atoms with E-state index in [1.54, 1.807) is 24.4 Å². The Morgan fingerprint density at radius 2 is 2.28 bits per heavy atom. The second-order valence-corrected chi connectivity index (χ2v) is 4.34. The molecule has 2 heterocycles. The number of hydrogen-bond donors (Lipinski definition) is 1. The number of benzene rings is 1. The molecule has 1 fully saturated rings. The van der Waals surface area contributed by atoms with E-state index in [0.717, 1.165) is 19.5 Å². The van der Waals surface area contributed by atoms with Gasteiger partial charge >= 0.3 is 0 Å². The minimum atomic E-state index is -0.368. The minimum Gasteiger partial charge on any atom is -0.451 e. The lowest BCUT2D eigenvalue weighted by Crippen LogP contribution is -2.13. The molecule has 3 rings (SSSR count). The average Bonchev–Trinajstić information content (AvgIpc) is 3.02. The Morgan fingerprint density at radius 3 is 3.06 bits per heavy atom. The summed E-state index contributed by atoms with van der Waals surface area (Å²) in [5.41, 5.74) is 0. The highest BCUT2D eigenvalue weighted by atomic mass is 19.1. The van der Waals surface area contributed by atoms with Gasteiger partial charge in [0, 0.05) is 6.54 Å². The van der Waals surface area contributed by atoms with E-state index >= 15 is 0 Å². The topological polar surface area (TPSA) is 39.1 Å². The second kappa shape index (κ2) is 4.78. The van der Waals surface area contributed by atoms with Crippen molar-refractivity contribution in [2.45, 2.75) is 12.5 Å². The monoisotopic (exact) mass is 247 g/mol. The highest BCUT2D eigenvalue weighted by molar-refractivity contribution is 5.29. The van der Waals surface area contributed by atoms with E-state index in [-0.39, 0.29) is 11.6 Å². The van der Waals surface area contributed by atoms with Gasteiger partial charge in [-0.15, -0.1) is 0 Å². The van der Waals surface area contributed by atoms with Crippen LogP contribution >= 0.6 is 0 Å². The second-order valence-electron chi connectivity index (χ2n) is 4.34. The summed E-state index contributed by atoms with van der Waals surface area (Å²) in [5, 5.41) is 7.53. The molecule has 0 spiro atoms. The number of nitrogens with one attached hydrogen (secondary N) is 1. The summed E-state index contributed by atoms with van der Waals surface area (Å²) < 4.78 is 20.8. The summed E-state index contributed by atoms with van der Waals surface area (Å²) in [4.78, 5) is 0. The van der Waals surface area contributed by atoms with Crippen LogP contribution < -0.4 is 10.1 Å². The third-order valence-corrected chi connectivity index (χ3v) is 3.05. The highest BCUT2D eigenvalue weighted by Crippen LogP contribution is 2.25. The smallest absolute Gasteiger partial charge is 0.165 e. The Bertz CT molecular complexity index is 535. The van der Waals surface area contributed by atoms with E-state index in [1.807, 2.05) is 10.9 Å². The van der Waals surface area contributed by atoms with Gasteiger partial charge in [-0.3, -0.25) is 4.68 Å². The van der Waals surface area contributed by atoms with E-state index in [1.165, 1.54) is 6.07 Å². The molecular formula is C13H14FN3O. The van der Waals surface area contributed by atoms with Gasteiger partial charge in [0.1, 0.15) is 0 Å². The third kappa shape index (κ3) is 2.22. The molecule has 0 amide bonds. The van der Waals surface area contributed by atoms with Crippen LogP contribution in [0.15, 0.2) is 36.7 Å². The molecular weight excluding hydrogens is 233 g/mol. The Kier molecular flexibility index (Phi) is 2.98. The zero-order valence-corrected chi connectivity index (χ0v) is 9.84. The molecule has 1 N–H and O–H groups in total. The van der Waals surface area contributed by atoms with Crippen LogP contribution in [0.25, 0.3) is 0 Å². The van der Waals surface area contributed by atoms with Gasteiger partial charge in [0.15, 0.2) is 17.3 Å². The van der Waals surface area contributed by atoms with Crippen LogP contribution in [-0.2, 0) is 0 Å². The molecule has 1 atom stereocenters. The van der Waals surface area contributed by atoms with Crippen LogP contribution in [-0.4, -0.2) is 22.9 Å². The maximum absolute atomic E-state index is 13.4. The van der Waals surface area contributed by atoms with Crippen molar-refractivity contribution in [3.8, 4) is 11.5 Å². The fraction of sp³-hybridized carbons (Fsp3) is 0.308. The van der Waals surface area contributed by atoms with Crippen LogP contribution in [0.3, 0.4) is 0 Å². The normalized spacial score (nSPS) is 19.1. The van der Waals surface area contributed by atoms with Crippen molar-refractivity contribution < 1.29 is 9.13 Å². The molecule has 5 heteroatoms. The molecule has 0 bridgehead atoms. The zero-order chi connectivity index (χ0) is 12.4. The van der Waals surface area contributed by atoms with E-state index in [9.17, 15) is 4.39 Å². The average molecular weight is 247 g/mol. The summed E-state index contributed by atoms with van der Waals surface area (Å²) in [6.45, 7) is 1.93. The Labute approximate surface area is 104 Å². The van der Waals surface area contributed by atoms with Gasteiger partial charge in [-0.25, -0.2) is 4.39 Å². The maximum atomic E-state index is 13.4. The van der Waals surface area contributed by atoms with Crippen LogP contribution in [0.2, 0.25) is 0 Å². The lowest BCUT2D eigenvalue weighted by molar-refractivity contribution is 0.438. The summed E-state index contributed by atoms with van der Waals surface area (Å²) in [5.74, 6) is 0.418. The fourth-order valence-corrected chi connectivity index (χ4v) is 2.09. The highest BCUT2D eigenvalue weighted by Gasteiger charge is 2.17. The molecule has 1 aliphatic rings. The first kappa shape index (κ1) is 11.2. The van der Waals surface area contributed by atoms with Crippen LogP contribution in [0.5, 0.6) is 11.5 Å². The molecule has 2 aromatic rings. The summed E-state index contributed by atoms with van der Waals surface area (Å²) >= 11 is 0. The van der Waals surface area contributed by atoms with Gasteiger partial charge in [-0.05, 0) is 25.1 Å². The molecule has 1 aromatic carbocycles. The number of hydrogen-bond acceptors (Lipinski definition) is 3. The van der Waals surface area contributed by atoms with E-state index in [2.05, 4.69) is 10.4 Å². The van der Waals surface area contributed by atoms with E-state index < -0.39 is 0 Å². The summed E-state index contributed by atoms with van der Waals surface area (Å²) in [6, 6.07) is 6.72. The summed E-state index contributed by atoms with van der Waals surface area (Å²) in [7, 11) is 0. The van der Waals surface area contributed by atoms with E-state index in [0.29, 0.717) is 11.8 Å². The van der Waals surface area contributed by atoms with Gasteiger partial charge in [-0.1, -0.05) is 12.1 Å². The lowest BCUT2D eigenvalue weighted by Gasteiger charge is -2.07. The molecule has 18 heavy (non-hydrogen) atoms. The molecule has 1 saturated heterocycles. The predicted molar refractivity (Wildman–Crippen MR) is 65.2 cm³/mol. The molecule has 1 aromatic heterocycles. The Balaban J connectivity index is 1.75. The van der Waals surface area contributed by atoms with Crippen molar-refractivity contribution in [1.29, 1.82) is 0 Å². The standard InChI is InChI=1S/C13H14FN3O/c14-12-3-1-2-4-13(12)18-11-8-16-17(9-11)10-5-6-15-7-10/h1-4,8-10,15H,5-7H2. The van der Waals surface area contributed by atoms with Crippen molar-refractivity contribution in [3.05, 3.63) is 42.5 Å². The first-order chi connectivity index (χ1) is 8.83. The van der Waals surface area contributed by atoms with Gasteiger partial charge < -0.3 is 10.1 Å². The van der Waals surface area contributed by atoms with Gasteiger partial charge in [0.05, 0.1) is 18.4 Å². The number of aromatic nitrogens is 2. The third-order valence-electron chi connectivity index (χ3n) is 3.05. The van der Waals surface area contributed by atoms with Gasteiger partial charge in [0.2, 0.25) is 0 Å². The van der Waals surface area contributed by atoms with Crippen molar-refractivity contribution in [3.63, 3.8) is 0 Å².